The predicted molar refractivity (Wildman–Crippen MR) is 179 cm³/mol. The summed E-state index contributed by atoms with van der Waals surface area (Å²) >= 11 is 4.81. The molecule has 0 aliphatic heterocycles. The molecule has 8 heteroatoms. The number of carbonyl (C=O) groups excluding carboxylic acids is 3. The van der Waals surface area contributed by atoms with Crippen LogP contribution in [0.5, 0.6) is 0 Å². The molecule has 1 fully saturated rings. The molecule has 0 radical (unpaired) electrons. The van der Waals surface area contributed by atoms with Crippen molar-refractivity contribution < 1.29 is 14.4 Å². The number of benzene rings is 3. The van der Waals surface area contributed by atoms with E-state index in [1.165, 1.54) is 42.0 Å². The molecular formula is C34H48N4O3S. The molecule has 2 amide bonds. The van der Waals surface area contributed by atoms with Gasteiger partial charge in [-0.15, -0.1) is 0 Å². The van der Waals surface area contributed by atoms with E-state index < -0.39 is 5.91 Å². The monoisotopic (exact) mass is 592 g/mol. The molecule has 0 heterocycles. The van der Waals surface area contributed by atoms with Gasteiger partial charge >= 0.3 is 0 Å². The summed E-state index contributed by atoms with van der Waals surface area (Å²) in [6.07, 6.45) is 5.87. The Labute approximate surface area is 257 Å². The summed E-state index contributed by atoms with van der Waals surface area (Å²) < 4.78 is 0. The summed E-state index contributed by atoms with van der Waals surface area (Å²) in [6, 6.07) is 22.7. The average molecular weight is 593 g/mol. The number of amides is 2. The van der Waals surface area contributed by atoms with Crippen molar-refractivity contribution in [3.8, 4) is 0 Å². The molecule has 42 heavy (non-hydrogen) atoms. The third-order valence-corrected chi connectivity index (χ3v) is 7.21. The van der Waals surface area contributed by atoms with Crippen molar-refractivity contribution >= 4 is 46.5 Å². The van der Waals surface area contributed by atoms with Crippen LogP contribution in [0, 0.1) is 5.92 Å². The molecule has 0 aromatic heterocycles. The second-order valence-electron chi connectivity index (χ2n) is 10.3. The molecule has 3 aromatic rings. The number of nitrogens with one attached hydrogen (secondary N) is 3. The first kappa shape index (κ1) is 36.6. The molecule has 0 saturated heterocycles. The number of aldehydes is 1. The van der Waals surface area contributed by atoms with Crippen molar-refractivity contribution in [3.05, 3.63) is 83.4 Å². The van der Waals surface area contributed by atoms with Gasteiger partial charge in [-0.1, -0.05) is 106 Å². The fourth-order valence-corrected chi connectivity index (χ4v) is 4.63. The molecule has 4 rings (SSSR count). The van der Waals surface area contributed by atoms with Crippen molar-refractivity contribution in [2.75, 3.05) is 20.6 Å². The Balaban J connectivity index is 0.000000303. The SMILES string of the molecule is CCC(N)=O.CCCC(C)CNC.CNC1(c2cccc3ccccc23)CC1.O=CC(=O)NCc1ccccc1C=S. The number of fused-ring (bicyclic) bond motifs is 1. The fraction of sp³-hybridized carbons (Fsp3) is 0.412. The van der Waals surface area contributed by atoms with Gasteiger partial charge in [0.2, 0.25) is 12.2 Å². The molecule has 0 bridgehead atoms. The van der Waals surface area contributed by atoms with Crippen molar-refractivity contribution in [2.45, 2.75) is 65.0 Å². The van der Waals surface area contributed by atoms with Gasteiger partial charge in [-0.3, -0.25) is 14.4 Å². The second-order valence-corrected chi connectivity index (χ2v) is 10.5. The largest absolute Gasteiger partial charge is 0.370 e. The van der Waals surface area contributed by atoms with Gasteiger partial charge in [-0.05, 0) is 73.3 Å². The van der Waals surface area contributed by atoms with E-state index in [2.05, 4.69) is 85.0 Å². The van der Waals surface area contributed by atoms with Gasteiger partial charge in [0.05, 0.1) is 0 Å². The van der Waals surface area contributed by atoms with Gasteiger partial charge in [0.25, 0.3) is 5.91 Å². The quantitative estimate of drug-likeness (QED) is 0.134. The Kier molecular flexibility index (Phi) is 17.8. The molecular weight excluding hydrogens is 544 g/mol. The highest BCUT2D eigenvalue weighted by atomic mass is 32.1. The van der Waals surface area contributed by atoms with Crippen LogP contribution >= 0.6 is 12.2 Å². The second kappa shape index (κ2) is 20.4. The van der Waals surface area contributed by atoms with Crippen LogP contribution in [0.4, 0.5) is 0 Å². The van der Waals surface area contributed by atoms with Crippen molar-refractivity contribution in [1.82, 2.24) is 16.0 Å². The average Bonchev–Trinajstić information content (AvgIpc) is 3.82. The zero-order valence-corrected chi connectivity index (χ0v) is 26.6. The molecule has 1 aliphatic carbocycles. The van der Waals surface area contributed by atoms with Crippen LogP contribution in [0.1, 0.15) is 69.6 Å². The van der Waals surface area contributed by atoms with E-state index in [0.29, 0.717) is 13.0 Å². The van der Waals surface area contributed by atoms with Crippen molar-refractivity contribution in [2.24, 2.45) is 11.7 Å². The first-order valence-electron chi connectivity index (χ1n) is 14.6. The maximum absolute atomic E-state index is 10.7. The van der Waals surface area contributed by atoms with Gasteiger partial charge in [-0.25, -0.2) is 0 Å². The van der Waals surface area contributed by atoms with Crippen LogP contribution in [0.3, 0.4) is 0 Å². The van der Waals surface area contributed by atoms with Gasteiger partial charge in [0.15, 0.2) is 0 Å². The summed E-state index contributed by atoms with van der Waals surface area (Å²) in [5.41, 5.74) is 8.16. The summed E-state index contributed by atoms with van der Waals surface area (Å²) in [6.45, 7) is 7.71. The number of nitrogens with two attached hydrogens (primary N) is 1. The lowest BCUT2D eigenvalue weighted by molar-refractivity contribution is -0.131. The highest BCUT2D eigenvalue weighted by molar-refractivity contribution is 7.79. The normalized spacial score (nSPS) is 13.0. The Hall–Kier alpha value is -3.46. The molecule has 3 aromatic carbocycles. The Morgan fingerprint density at radius 3 is 2.17 bits per heavy atom. The van der Waals surface area contributed by atoms with Crippen LogP contribution < -0.4 is 21.7 Å². The van der Waals surface area contributed by atoms with Crippen molar-refractivity contribution in [3.63, 3.8) is 0 Å². The zero-order valence-electron chi connectivity index (χ0n) is 25.7. The lowest BCUT2D eigenvalue weighted by Crippen LogP contribution is -2.24. The lowest BCUT2D eigenvalue weighted by Gasteiger charge is -2.17. The maximum atomic E-state index is 10.7. The van der Waals surface area contributed by atoms with E-state index in [1.807, 2.05) is 31.3 Å². The van der Waals surface area contributed by atoms with Gasteiger partial charge in [-0.2, -0.15) is 0 Å². The Bertz CT molecular complexity index is 1250. The number of hydrogen-bond acceptors (Lipinski definition) is 6. The van der Waals surface area contributed by atoms with Crippen LogP contribution in [0.2, 0.25) is 0 Å². The van der Waals surface area contributed by atoms with E-state index in [9.17, 15) is 14.4 Å². The molecule has 1 unspecified atom stereocenters. The van der Waals surface area contributed by atoms with Crippen LogP contribution in [0.25, 0.3) is 10.8 Å². The van der Waals surface area contributed by atoms with Gasteiger partial charge in [0, 0.05) is 23.9 Å². The van der Waals surface area contributed by atoms with Gasteiger partial charge in [0.1, 0.15) is 0 Å². The molecule has 5 N–H and O–H groups in total. The molecule has 1 aliphatic rings. The summed E-state index contributed by atoms with van der Waals surface area (Å²) in [5.74, 6) is -0.0147. The maximum Gasteiger partial charge on any atom is 0.284 e. The summed E-state index contributed by atoms with van der Waals surface area (Å²) in [4.78, 5) is 30.3. The van der Waals surface area contributed by atoms with E-state index in [4.69, 9.17) is 12.2 Å². The smallest absolute Gasteiger partial charge is 0.284 e. The van der Waals surface area contributed by atoms with Crippen LogP contribution in [-0.2, 0) is 26.5 Å². The number of primary amides is 1. The Morgan fingerprint density at radius 1 is 1.00 bits per heavy atom. The lowest BCUT2D eigenvalue weighted by atomic mass is 9.97. The number of hydrogen-bond donors (Lipinski definition) is 4. The topological polar surface area (TPSA) is 113 Å². The van der Waals surface area contributed by atoms with Crippen molar-refractivity contribution in [1.29, 1.82) is 0 Å². The predicted octanol–water partition coefficient (Wildman–Crippen LogP) is 5.42. The van der Waals surface area contributed by atoms with E-state index >= 15 is 0 Å². The minimum absolute atomic E-state index is 0.245. The fourth-order valence-electron chi connectivity index (χ4n) is 4.40. The minimum atomic E-state index is -0.621. The number of rotatable bonds is 11. The molecule has 228 valence electrons. The molecule has 0 spiro atoms. The highest BCUT2D eigenvalue weighted by Gasteiger charge is 2.43. The first-order valence-corrected chi connectivity index (χ1v) is 15.0. The van der Waals surface area contributed by atoms with E-state index in [0.717, 1.165) is 23.6 Å². The number of thiocarbonyl (C=S) groups is 1. The molecule has 7 nitrogen and oxygen atoms in total. The molecule has 1 saturated carbocycles. The molecule has 1 atom stereocenters. The zero-order chi connectivity index (χ0) is 31.4. The first-order chi connectivity index (χ1) is 20.2. The van der Waals surface area contributed by atoms with Crippen LogP contribution in [0.15, 0.2) is 66.7 Å². The van der Waals surface area contributed by atoms with E-state index in [1.54, 1.807) is 12.3 Å². The standard InChI is InChI=1S/C14H15N.C10H9NO2S.C7H17N.C3H7NO/c1-15-14(9-10-14)13-8-4-6-11-5-2-3-7-12(11)13;12-6-10(13)11-5-8-3-1-2-4-9(8)7-14;1-4-5-7(2)6-8-3;1-2-3(4)5/h2-8,15H,9-10H2,1H3;1-4,6-7H,5H2,(H,11,13);7-8H,4-6H2,1-3H3;2H2,1H3,(H2,4,5). The summed E-state index contributed by atoms with van der Waals surface area (Å²) in [5, 5.41) is 13.3. The third kappa shape index (κ3) is 13.0. The van der Waals surface area contributed by atoms with Gasteiger partial charge < -0.3 is 21.7 Å². The minimum Gasteiger partial charge on any atom is -0.370 e. The third-order valence-electron chi connectivity index (χ3n) is 6.96. The highest BCUT2D eigenvalue weighted by Crippen LogP contribution is 2.47. The van der Waals surface area contributed by atoms with Crippen LogP contribution in [-0.4, -0.2) is 44.1 Å². The van der Waals surface area contributed by atoms with E-state index in [-0.39, 0.29) is 17.7 Å². The Morgan fingerprint density at radius 2 is 1.62 bits per heavy atom. The summed E-state index contributed by atoms with van der Waals surface area (Å²) in [7, 11) is 4.07. The number of carbonyl (C=O) groups is 3.